The summed E-state index contributed by atoms with van der Waals surface area (Å²) in [6.07, 6.45) is 1.41. The quantitative estimate of drug-likeness (QED) is 0.688. The third-order valence-corrected chi connectivity index (χ3v) is 6.72. The first-order valence-electron chi connectivity index (χ1n) is 8.35. The number of piperidine rings is 1. The standard InChI is InChI=1S/C19H19NO3S2/c21-18(23-14-7-9-20-10-8-14)19(22,16-6-3-11-24-16)17-12-13-4-1-2-5-15(13)25-17/h1-6,11-12,14,20,22H,7-10H2/t19-/m1/s1. The van der Waals surface area contributed by atoms with E-state index < -0.39 is 11.6 Å². The summed E-state index contributed by atoms with van der Waals surface area (Å²) in [6.45, 7) is 1.66. The summed E-state index contributed by atoms with van der Waals surface area (Å²) < 4.78 is 6.76. The van der Waals surface area contributed by atoms with Crippen LogP contribution in [-0.2, 0) is 15.1 Å². The lowest BCUT2D eigenvalue weighted by molar-refractivity contribution is -0.168. The zero-order valence-corrected chi connectivity index (χ0v) is 15.2. The number of nitrogens with one attached hydrogen (secondary N) is 1. The molecule has 1 saturated heterocycles. The van der Waals surface area contributed by atoms with Gasteiger partial charge in [0.25, 0.3) is 0 Å². The molecule has 0 bridgehead atoms. The molecule has 3 aromatic rings. The molecule has 1 atom stereocenters. The maximum absolute atomic E-state index is 13.0. The van der Waals surface area contributed by atoms with Crippen molar-refractivity contribution in [3.63, 3.8) is 0 Å². The van der Waals surface area contributed by atoms with E-state index in [1.54, 1.807) is 6.07 Å². The molecule has 0 radical (unpaired) electrons. The number of aliphatic hydroxyl groups is 1. The van der Waals surface area contributed by atoms with Gasteiger partial charge in [-0.1, -0.05) is 24.3 Å². The Balaban J connectivity index is 1.73. The van der Waals surface area contributed by atoms with Gasteiger partial charge in [-0.05, 0) is 54.9 Å². The molecule has 0 amide bonds. The lowest BCUT2D eigenvalue weighted by Crippen LogP contribution is -2.42. The molecule has 1 fully saturated rings. The van der Waals surface area contributed by atoms with Crippen molar-refractivity contribution in [2.75, 3.05) is 13.1 Å². The van der Waals surface area contributed by atoms with Crippen molar-refractivity contribution in [1.82, 2.24) is 5.32 Å². The monoisotopic (exact) mass is 373 g/mol. The summed E-state index contributed by atoms with van der Waals surface area (Å²) in [6, 6.07) is 13.4. The van der Waals surface area contributed by atoms with Gasteiger partial charge >= 0.3 is 5.97 Å². The van der Waals surface area contributed by atoms with E-state index in [0.717, 1.165) is 36.0 Å². The van der Waals surface area contributed by atoms with Crippen molar-refractivity contribution in [3.05, 3.63) is 57.6 Å². The first-order valence-corrected chi connectivity index (χ1v) is 10.0. The molecule has 2 aromatic heterocycles. The van der Waals surface area contributed by atoms with E-state index in [-0.39, 0.29) is 6.10 Å². The highest BCUT2D eigenvalue weighted by molar-refractivity contribution is 7.19. The fourth-order valence-corrected chi connectivity index (χ4v) is 5.16. The average Bonchev–Trinajstić information content (AvgIpc) is 3.31. The van der Waals surface area contributed by atoms with E-state index in [1.807, 2.05) is 41.8 Å². The van der Waals surface area contributed by atoms with Crippen molar-refractivity contribution in [2.45, 2.75) is 24.5 Å². The van der Waals surface area contributed by atoms with Crippen molar-refractivity contribution < 1.29 is 14.6 Å². The minimum Gasteiger partial charge on any atom is -0.460 e. The second-order valence-corrected chi connectivity index (χ2v) is 8.22. The number of hydrogen-bond donors (Lipinski definition) is 2. The highest BCUT2D eigenvalue weighted by Gasteiger charge is 2.45. The Labute approximate surface area is 154 Å². The molecule has 25 heavy (non-hydrogen) atoms. The van der Waals surface area contributed by atoms with Gasteiger partial charge < -0.3 is 15.2 Å². The summed E-state index contributed by atoms with van der Waals surface area (Å²) in [4.78, 5) is 14.2. The number of esters is 1. The topological polar surface area (TPSA) is 58.6 Å². The van der Waals surface area contributed by atoms with E-state index in [2.05, 4.69) is 5.32 Å². The average molecular weight is 373 g/mol. The maximum atomic E-state index is 13.0. The van der Waals surface area contributed by atoms with Crippen LogP contribution in [0.5, 0.6) is 0 Å². The second kappa shape index (κ2) is 6.88. The summed E-state index contributed by atoms with van der Waals surface area (Å²) in [5.74, 6) is -0.576. The number of ether oxygens (including phenoxy) is 1. The number of benzene rings is 1. The first kappa shape index (κ1) is 16.7. The molecule has 0 spiro atoms. The summed E-state index contributed by atoms with van der Waals surface area (Å²) >= 11 is 2.80. The van der Waals surface area contributed by atoms with Gasteiger partial charge in [-0.2, -0.15) is 0 Å². The van der Waals surface area contributed by atoms with Gasteiger partial charge in [-0.15, -0.1) is 22.7 Å². The Hall–Kier alpha value is -1.73. The number of rotatable bonds is 4. The SMILES string of the molecule is O=C(OC1CCNCC1)[C@@](O)(c1cccs1)c1cc2ccccc2s1. The lowest BCUT2D eigenvalue weighted by atomic mass is 9.99. The molecule has 0 aliphatic carbocycles. The van der Waals surface area contributed by atoms with Gasteiger partial charge in [0.05, 0.1) is 9.75 Å². The van der Waals surface area contributed by atoms with E-state index in [9.17, 15) is 9.90 Å². The number of carbonyl (C=O) groups is 1. The summed E-state index contributed by atoms with van der Waals surface area (Å²) in [5, 5.41) is 17.6. The van der Waals surface area contributed by atoms with Crippen molar-refractivity contribution in [3.8, 4) is 0 Å². The van der Waals surface area contributed by atoms with Crippen LogP contribution in [0.25, 0.3) is 10.1 Å². The number of carbonyl (C=O) groups excluding carboxylic acids is 1. The minimum atomic E-state index is -1.75. The van der Waals surface area contributed by atoms with Crippen LogP contribution in [0, 0.1) is 0 Å². The van der Waals surface area contributed by atoms with E-state index >= 15 is 0 Å². The van der Waals surface area contributed by atoms with E-state index in [1.165, 1.54) is 22.7 Å². The summed E-state index contributed by atoms with van der Waals surface area (Å²) in [7, 11) is 0. The van der Waals surface area contributed by atoms with Crippen LogP contribution in [0.4, 0.5) is 0 Å². The Bertz CT molecular complexity index is 835. The van der Waals surface area contributed by atoms with E-state index in [4.69, 9.17) is 4.74 Å². The largest absolute Gasteiger partial charge is 0.460 e. The highest BCUT2D eigenvalue weighted by Crippen LogP contribution is 2.40. The molecule has 4 rings (SSSR count). The molecule has 2 N–H and O–H groups in total. The molecule has 1 aliphatic heterocycles. The zero-order chi connectivity index (χ0) is 17.3. The molecule has 0 saturated carbocycles. The van der Waals surface area contributed by atoms with Crippen LogP contribution in [-0.4, -0.2) is 30.3 Å². The van der Waals surface area contributed by atoms with Crippen LogP contribution in [0.3, 0.4) is 0 Å². The lowest BCUT2D eigenvalue weighted by Gasteiger charge is -2.29. The van der Waals surface area contributed by atoms with Gasteiger partial charge in [-0.25, -0.2) is 4.79 Å². The van der Waals surface area contributed by atoms with Gasteiger partial charge in [0.15, 0.2) is 0 Å². The Morgan fingerprint density at radius 2 is 1.96 bits per heavy atom. The van der Waals surface area contributed by atoms with Crippen molar-refractivity contribution in [1.29, 1.82) is 0 Å². The van der Waals surface area contributed by atoms with Crippen molar-refractivity contribution >= 4 is 38.7 Å². The Kier molecular flexibility index (Phi) is 4.60. The molecule has 3 heterocycles. The van der Waals surface area contributed by atoms with Gasteiger partial charge in [-0.3, -0.25) is 0 Å². The maximum Gasteiger partial charge on any atom is 0.349 e. The molecular formula is C19H19NO3S2. The Morgan fingerprint density at radius 3 is 2.68 bits per heavy atom. The van der Waals surface area contributed by atoms with Crippen LogP contribution in [0.1, 0.15) is 22.6 Å². The molecule has 1 aliphatic rings. The second-order valence-electron chi connectivity index (χ2n) is 6.19. The molecule has 1 aromatic carbocycles. The number of fused-ring (bicyclic) bond motifs is 1. The van der Waals surface area contributed by atoms with Gasteiger partial charge in [0.1, 0.15) is 6.10 Å². The normalized spacial score (nSPS) is 18.1. The molecule has 4 nitrogen and oxygen atoms in total. The van der Waals surface area contributed by atoms with Crippen LogP contribution < -0.4 is 5.32 Å². The van der Waals surface area contributed by atoms with Crippen LogP contribution in [0.2, 0.25) is 0 Å². The third-order valence-electron chi connectivity index (χ3n) is 4.52. The highest BCUT2D eigenvalue weighted by atomic mass is 32.1. The van der Waals surface area contributed by atoms with E-state index in [0.29, 0.717) is 9.75 Å². The predicted octanol–water partition coefficient (Wildman–Crippen LogP) is 3.49. The molecule has 130 valence electrons. The molecular weight excluding hydrogens is 354 g/mol. The fraction of sp³-hybridized carbons (Fsp3) is 0.316. The minimum absolute atomic E-state index is 0.144. The van der Waals surface area contributed by atoms with Crippen LogP contribution in [0.15, 0.2) is 47.8 Å². The fourth-order valence-electron chi connectivity index (χ4n) is 3.12. The third kappa shape index (κ3) is 3.11. The van der Waals surface area contributed by atoms with Crippen molar-refractivity contribution in [2.24, 2.45) is 0 Å². The molecule has 0 unspecified atom stereocenters. The predicted molar refractivity (Wildman–Crippen MR) is 101 cm³/mol. The number of hydrogen-bond acceptors (Lipinski definition) is 6. The zero-order valence-electron chi connectivity index (χ0n) is 13.6. The number of thiophene rings is 2. The smallest absolute Gasteiger partial charge is 0.349 e. The molecule has 6 heteroatoms. The van der Waals surface area contributed by atoms with Gasteiger partial charge in [0, 0.05) is 4.70 Å². The Morgan fingerprint density at radius 1 is 1.16 bits per heavy atom. The van der Waals surface area contributed by atoms with Gasteiger partial charge in [0.2, 0.25) is 5.60 Å². The summed E-state index contributed by atoms with van der Waals surface area (Å²) in [5.41, 5.74) is -1.75. The first-order chi connectivity index (χ1) is 12.2. The van der Waals surface area contributed by atoms with Crippen LogP contribution >= 0.6 is 22.7 Å².